The molecule has 0 saturated carbocycles. The van der Waals surface area contributed by atoms with Crippen molar-refractivity contribution in [2.45, 2.75) is 19.8 Å². The lowest BCUT2D eigenvalue weighted by Crippen LogP contribution is -1.96. The zero-order chi connectivity index (χ0) is 14.7. The molecular weight excluding hydrogens is 254 g/mol. The minimum absolute atomic E-state index is 0.999. The summed E-state index contributed by atoms with van der Waals surface area (Å²) in [5.74, 6) is 0. The lowest BCUT2D eigenvalue weighted by molar-refractivity contribution is 0.963. The third-order valence-corrected chi connectivity index (χ3v) is 3.79. The summed E-state index contributed by atoms with van der Waals surface area (Å²) in [5, 5.41) is 1.20. The zero-order valence-electron chi connectivity index (χ0n) is 12.3. The highest BCUT2D eigenvalue weighted by Gasteiger charge is 2.05. The molecule has 3 rings (SSSR count). The van der Waals surface area contributed by atoms with Gasteiger partial charge < -0.3 is 0 Å². The molecule has 0 unspecified atom stereocenters. The number of nitrogens with zero attached hydrogens (tertiary/aromatic N) is 1. The van der Waals surface area contributed by atoms with Gasteiger partial charge in [-0.1, -0.05) is 49.1 Å². The van der Waals surface area contributed by atoms with Gasteiger partial charge in [0.2, 0.25) is 0 Å². The number of hydrogen-bond acceptors (Lipinski definition) is 1. The maximum atomic E-state index is 4.73. The molecule has 21 heavy (non-hydrogen) atoms. The molecule has 0 bridgehead atoms. The van der Waals surface area contributed by atoms with Crippen molar-refractivity contribution in [2.75, 3.05) is 0 Å². The predicted molar refractivity (Wildman–Crippen MR) is 90.4 cm³/mol. The highest BCUT2D eigenvalue weighted by molar-refractivity contribution is 5.84. The Balaban J connectivity index is 1.99. The van der Waals surface area contributed by atoms with E-state index in [9.17, 15) is 0 Å². The first-order valence-corrected chi connectivity index (χ1v) is 7.33. The number of aryl methyl sites for hydroxylation is 3. The van der Waals surface area contributed by atoms with Crippen molar-refractivity contribution < 1.29 is 0 Å². The highest BCUT2D eigenvalue weighted by Crippen LogP contribution is 2.22. The average molecular weight is 273 g/mol. The molecule has 2 aromatic carbocycles. The van der Waals surface area contributed by atoms with Gasteiger partial charge in [-0.15, -0.1) is 0 Å². The fraction of sp³-hybridized carbons (Fsp3) is 0.150. The molecule has 1 heterocycles. The predicted octanol–water partition coefficient (Wildman–Crippen LogP) is 4.97. The first-order chi connectivity index (χ1) is 10.3. The van der Waals surface area contributed by atoms with E-state index in [2.05, 4.69) is 61.2 Å². The van der Waals surface area contributed by atoms with Crippen molar-refractivity contribution in [2.24, 2.45) is 0 Å². The molecular formula is C20H19N. The molecule has 0 atom stereocenters. The van der Waals surface area contributed by atoms with Gasteiger partial charge in [0.15, 0.2) is 0 Å². The smallest absolute Gasteiger partial charge is 0.0737 e. The lowest BCUT2D eigenvalue weighted by Gasteiger charge is -2.09. The van der Waals surface area contributed by atoms with Gasteiger partial charge in [-0.2, -0.15) is 0 Å². The van der Waals surface area contributed by atoms with Crippen molar-refractivity contribution in [3.05, 3.63) is 83.6 Å². The highest BCUT2D eigenvalue weighted by atomic mass is 14.7. The van der Waals surface area contributed by atoms with Gasteiger partial charge in [0, 0.05) is 11.1 Å². The van der Waals surface area contributed by atoms with E-state index in [1.54, 1.807) is 0 Å². The minimum Gasteiger partial charge on any atom is -0.253 e. The molecule has 0 aliphatic carbocycles. The maximum Gasteiger partial charge on any atom is 0.0737 e. The van der Waals surface area contributed by atoms with Crippen LogP contribution in [0.5, 0.6) is 0 Å². The van der Waals surface area contributed by atoms with Gasteiger partial charge in [-0.25, -0.2) is 0 Å². The number of benzene rings is 2. The minimum atomic E-state index is 0.999. The van der Waals surface area contributed by atoms with Gasteiger partial charge >= 0.3 is 0 Å². The number of pyridine rings is 1. The third-order valence-electron chi connectivity index (χ3n) is 3.79. The third kappa shape index (κ3) is 3.03. The SMILES string of the molecule is C=Cc1cc(CCc2ccccc2)c2nc(C)ccc2c1. The normalized spacial score (nSPS) is 10.7. The van der Waals surface area contributed by atoms with Gasteiger partial charge in [0.25, 0.3) is 0 Å². The first kappa shape index (κ1) is 13.6. The monoisotopic (exact) mass is 273 g/mol. The molecule has 104 valence electrons. The van der Waals surface area contributed by atoms with Crippen LogP contribution in [0, 0.1) is 6.92 Å². The largest absolute Gasteiger partial charge is 0.253 e. The Hall–Kier alpha value is -2.41. The van der Waals surface area contributed by atoms with Gasteiger partial charge in [0.1, 0.15) is 0 Å². The Morgan fingerprint density at radius 3 is 2.57 bits per heavy atom. The van der Waals surface area contributed by atoms with Crippen LogP contribution in [0.25, 0.3) is 17.0 Å². The summed E-state index contributed by atoms with van der Waals surface area (Å²) in [6.45, 7) is 5.94. The van der Waals surface area contributed by atoms with Crippen molar-refractivity contribution in [1.29, 1.82) is 0 Å². The van der Waals surface area contributed by atoms with Crippen LogP contribution < -0.4 is 0 Å². The van der Waals surface area contributed by atoms with E-state index in [1.165, 1.54) is 16.5 Å². The molecule has 0 saturated heterocycles. The van der Waals surface area contributed by atoms with Crippen LogP contribution in [0.1, 0.15) is 22.4 Å². The number of aromatic nitrogens is 1. The van der Waals surface area contributed by atoms with E-state index in [4.69, 9.17) is 4.98 Å². The molecule has 0 spiro atoms. The first-order valence-electron chi connectivity index (χ1n) is 7.33. The number of hydrogen-bond donors (Lipinski definition) is 0. The zero-order valence-corrected chi connectivity index (χ0v) is 12.3. The van der Waals surface area contributed by atoms with Crippen molar-refractivity contribution in [3.8, 4) is 0 Å². The molecule has 0 aliphatic rings. The number of fused-ring (bicyclic) bond motifs is 1. The van der Waals surface area contributed by atoms with E-state index in [1.807, 2.05) is 13.0 Å². The van der Waals surface area contributed by atoms with Gasteiger partial charge in [-0.3, -0.25) is 4.98 Å². The van der Waals surface area contributed by atoms with Crippen molar-refractivity contribution >= 4 is 17.0 Å². The second kappa shape index (κ2) is 5.92. The molecule has 1 nitrogen and oxygen atoms in total. The van der Waals surface area contributed by atoms with Crippen LogP contribution in [-0.2, 0) is 12.8 Å². The fourth-order valence-corrected chi connectivity index (χ4v) is 2.66. The van der Waals surface area contributed by atoms with Crippen LogP contribution in [0.15, 0.2) is 61.2 Å². The molecule has 0 fully saturated rings. The van der Waals surface area contributed by atoms with Crippen LogP contribution in [0.3, 0.4) is 0 Å². The van der Waals surface area contributed by atoms with Crippen LogP contribution in [0.4, 0.5) is 0 Å². The topological polar surface area (TPSA) is 12.9 Å². The molecule has 1 aromatic heterocycles. The van der Waals surface area contributed by atoms with Crippen molar-refractivity contribution in [1.82, 2.24) is 4.98 Å². The molecule has 0 radical (unpaired) electrons. The molecule has 0 N–H and O–H groups in total. The fourth-order valence-electron chi connectivity index (χ4n) is 2.66. The second-order valence-electron chi connectivity index (χ2n) is 5.39. The molecule has 1 heteroatoms. The van der Waals surface area contributed by atoms with Crippen LogP contribution in [0.2, 0.25) is 0 Å². The standard InChI is InChI=1S/C20H19N/c1-3-16-13-18-11-9-15(2)21-20(18)19(14-16)12-10-17-7-5-4-6-8-17/h3-9,11,13-14H,1,10,12H2,2H3. The van der Waals surface area contributed by atoms with E-state index in [0.29, 0.717) is 0 Å². The maximum absolute atomic E-state index is 4.73. The summed E-state index contributed by atoms with van der Waals surface area (Å²) in [5.41, 5.74) is 6.01. The second-order valence-corrected chi connectivity index (χ2v) is 5.39. The average Bonchev–Trinajstić information content (AvgIpc) is 2.53. The Morgan fingerprint density at radius 1 is 1.00 bits per heavy atom. The van der Waals surface area contributed by atoms with E-state index in [0.717, 1.165) is 29.6 Å². The Labute approximate surface area is 126 Å². The molecule has 3 aromatic rings. The number of rotatable bonds is 4. The molecule has 0 aliphatic heterocycles. The van der Waals surface area contributed by atoms with Gasteiger partial charge in [0.05, 0.1) is 5.52 Å². The van der Waals surface area contributed by atoms with Gasteiger partial charge in [-0.05, 0) is 54.7 Å². The van der Waals surface area contributed by atoms with Crippen LogP contribution >= 0.6 is 0 Å². The summed E-state index contributed by atoms with van der Waals surface area (Å²) in [4.78, 5) is 4.73. The Morgan fingerprint density at radius 2 is 1.81 bits per heavy atom. The summed E-state index contributed by atoms with van der Waals surface area (Å²) < 4.78 is 0. The summed E-state index contributed by atoms with van der Waals surface area (Å²) in [6, 6.07) is 19.2. The Bertz CT molecular complexity index is 772. The van der Waals surface area contributed by atoms with E-state index >= 15 is 0 Å². The van der Waals surface area contributed by atoms with Crippen LogP contribution in [-0.4, -0.2) is 4.98 Å². The van der Waals surface area contributed by atoms with E-state index < -0.39 is 0 Å². The molecule has 0 amide bonds. The van der Waals surface area contributed by atoms with E-state index in [-0.39, 0.29) is 0 Å². The summed E-state index contributed by atoms with van der Waals surface area (Å²) >= 11 is 0. The Kier molecular flexibility index (Phi) is 3.83. The summed E-state index contributed by atoms with van der Waals surface area (Å²) in [7, 11) is 0. The summed E-state index contributed by atoms with van der Waals surface area (Å²) in [6.07, 6.45) is 3.94. The lowest BCUT2D eigenvalue weighted by atomic mass is 9.99. The quantitative estimate of drug-likeness (QED) is 0.654. The van der Waals surface area contributed by atoms with Crippen molar-refractivity contribution in [3.63, 3.8) is 0 Å².